The Hall–Kier alpha value is -2.05. The van der Waals surface area contributed by atoms with E-state index in [0.717, 1.165) is 27.1 Å². The highest BCUT2D eigenvalue weighted by Gasteiger charge is 2.35. The average molecular weight is 359 g/mol. The predicted octanol–water partition coefficient (Wildman–Crippen LogP) is 4.78. The monoisotopic (exact) mass is 359 g/mol. The van der Waals surface area contributed by atoms with E-state index >= 15 is 0 Å². The van der Waals surface area contributed by atoms with E-state index in [1.807, 2.05) is 30.5 Å². The van der Waals surface area contributed by atoms with Crippen molar-refractivity contribution >= 4 is 40.7 Å². The molecule has 6 heteroatoms. The van der Waals surface area contributed by atoms with Gasteiger partial charge in [0.05, 0.1) is 11.4 Å². The molecule has 3 nitrogen and oxygen atoms in total. The number of hydrogen-bond acceptors (Lipinski definition) is 4. The normalized spacial score (nSPS) is 16.2. The summed E-state index contributed by atoms with van der Waals surface area (Å²) < 4.78 is 13.7. The smallest absolute Gasteiger partial charge is 0.268 e. The molecule has 0 aliphatic carbocycles. The maximum absolute atomic E-state index is 13.7. The quantitative estimate of drug-likeness (QED) is 0.581. The SMILES string of the molecule is CSc1ccc(/C=C2\SC(=O)N(Cc3ccccc3F)C2=O)cc1. The van der Waals surface area contributed by atoms with Crippen LogP contribution in [0.2, 0.25) is 0 Å². The molecule has 0 unspecified atom stereocenters. The second kappa shape index (κ2) is 7.23. The molecule has 0 atom stereocenters. The summed E-state index contributed by atoms with van der Waals surface area (Å²) in [4.78, 5) is 27.1. The average Bonchev–Trinajstić information content (AvgIpc) is 2.85. The molecule has 1 heterocycles. The van der Waals surface area contributed by atoms with Crippen molar-refractivity contribution in [1.82, 2.24) is 4.90 Å². The second-order valence-corrected chi connectivity index (χ2v) is 7.01. The van der Waals surface area contributed by atoms with Gasteiger partial charge in [-0.1, -0.05) is 30.3 Å². The van der Waals surface area contributed by atoms with E-state index in [9.17, 15) is 14.0 Å². The molecule has 3 rings (SSSR count). The zero-order valence-electron chi connectivity index (χ0n) is 12.9. The van der Waals surface area contributed by atoms with Gasteiger partial charge in [0.15, 0.2) is 0 Å². The van der Waals surface area contributed by atoms with E-state index in [1.165, 1.54) is 6.07 Å². The van der Waals surface area contributed by atoms with E-state index in [1.54, 1.807) is 36.0 Å². The molecule has 2 aromatic carbocycles. The van der Waals surface area contributed by atoms with Crippen LogP contribution in [0.3, 0.4) is 0 Å². The molecule has 1 aliphatic heterocycles. The van der Waals surface area contributed by atoms with Gasteiger partial charge in [0.1, 0.15) is 5.82 Å². The Morgan fingerprint density at radius 2 is 1.83 bits per heavy atom. The van der Waals surface area contributed by atoms with Crippen molar-refractivity contribution < 1.29 is 14.0 Å². The van der Waals surface area contributed by atoms with Crippen molar-refractivity contribution in [3.8, 4) is 0 Å². The summed E-state index contributed by atoms with van der Waals surface area (Å²) in [7, 11) is 0. The Bertz CT molecular complexity index is 818. The van der Waals surface area contributed by atoms with Crippen LogP contribution in [-0.2, 0) is 11.3 Å². The first-order valence-electron chi connectivity index (χ1n) is 7.21. The van der Waals surface area contributed by atoms with Gasteiger partial charge < -0.3 is 0 Å². The van der Waals surface area contributed by atoms with Gasteiger partial charge in [-0.25, -0.2) is 4.39 Å². The number of thioether (sulfide) groups is 2. The van der Waals surface area contributed by atoms with E-state index < -0.39 is 5.82 Å². The number of imide groups is 1. The fourth-order valence-electron chi connectivity index (χ4n) is 2.28. The number of nitrogens with zero attached hydrogens (tertiary/aromatic N) is 1. The number of amides is 2. The number of halogens is 1. The summed E-state index contributed by atoms with van der Waals surface area (Å²) in [6.07, 6.45) is 3.68. The van der Waals surface area contributed by atoms with Crippen molar-refractivity contribution in [1.29, 1.82) is 0 Å². The summed E-state index contributed by atoms with van der Waals surface area (Å²) in [6, 6.07) is 13.9. The molecule has 1 saturated heterocycles. The Morgan fingerprint density at radius 1 is 1.12 bits per heavy atom. The van der Waals surface area contributed by atoms with Gasteiger partial charge in [-0.15, -0.1) is 11.8 Å². The summed E-state index contributed by atoms with van der Waals surface area (Å²) in [5, 5.41) is -0.379. The molecule has 0 spiro atoms. The standard InChI is InChI=1S/C18H14FNO2S2/c1-23-14-8-6-12(7-9-14)10-16-17(21)20(18(22)24-16)11-13-4-2-3-5-15(13)19/h2-10H,11H2,1H3/b16-10-. The minimum absolute atomic E-state index is 0.0555. The van der Waals surface area contributed by atoms with Crippen LogP contribution in [0.1, 0.15) is 11.1 Å². The van der Waals surface area contributed by atoms with Crippen LogP contribution >= 0.6 is 23.5 Å². The number of benzene rings is 2. The van der Waals surface area contributed by atoms with E-state index in [2.05, 4.69) is 0 Å². The maximum atomic E-state index is 13.7. The molecule has 1 aliphatic rings. The van der Waals surface area contributed by atoms with Crippen LogP contribution in [-0.4, -0.2) is 22.3 Å². The molecular weight excluding hydrogens is 345 g/mol. The van der Waals surface area contributed by atoms with Crippen molar-refractivity contribution in [2.24, 2.45) is 0 Å². The lowest BCUT2D eigenvalue weighted by Crippen LogP contribution is -2.27. The van der Waals surface area contributed by atoms with Gasteiger partial charge in [0, 0.05) is 10.5 Å². The third kappa shape index (κ3) is 3.55. The molecular formula is C18H14FNO2S2. The molecule has 122 valence electrons. The molecule has 0 radical (unpaired) electrons. The van der Waals surface area contributed by atoms with Crippen LogP contribution in [0.4, 0.5) is 9.18 Å². The van der Waals surface area contributed by atoms with E-state index in [0.29, 0.717) is 10.5 Å². The van der Waals surface area contributed by atoms with Gasteiger partial charge in [0.25, 0.3) is 11.1 Å². The molecule has 0 saturated carbocycles. The molecule has 0 bridgehead atoms. The second-order valence-electron chi connectivity index (χ2n) is 5.13. The van der Waals surface area contributed by atoms with Gasteiger partial charge in [0.2, 0.25) is 0 Å². The number of rotatable bonds is 4. The predicted molar refractivity (Wildman–Crippen MR) is 96.1 cm³/mol. The number of carbonyl (C=O) groups is 2. The van der Waals surface area contributed by atoms with Crippen molar-refractivity contribution in [3.63, 3.8) is 0 Å². The number of carbonyl (C=O) groups excluding carboxylic acids is 2. The lowest BCUT2D eigenvalue weighted by molar-refractivity contribution is -0.123. The molecule has 24 heavy (non-hydrogen) atoms. The minimum atomic E-state index is -0.423. The summed E-state index contributed by atoms with van der Waals surface area (Å²) in [5.74, 6) is -0.810. The zero-order valence-corrected chi connectivity index (χ0v) is 14.5. The van der Waals surface area contributed by atoms with Crippen molar-refractivity contribution in [2.75, 3.05) is 6.26 Å². The highest BCUT2D eigenvalue weighted by molar-refractivity contribution is 8.18. The van der Waals surface area contributed by atoms with Crippen LogP contribution in [0.25, 0.3) is 6.08 Å². The highest BCUT2D eigenvalue weighted by Crippen LogP contribution is 2.33. The van der Waals surface area contributed by atoms with E-state index in [4.69, 9.17) is 0 Å². The lowest BCUT2D eigenvalue weighted by atomic mass is 10.2. The maximum Gasteiger partial charge on any atom is 0.293 e. The largest absolute Gasteiger partial charge is 0.293 e. The fraction of sp³-hybridized carbons (Fsp3) is 0.111. The first kappa shape index (κ1) is 16.8. The van der Waals surface area contributed by atoms with Crippen LogP contribution in [0.15, 0.2) is 58.3 Å². The third-order valence-electron chi connectivity index (χ3n) is 3.57. The summed E-state index contributed by atoms with van der Waals surface area (Å²) >= 11 is 2.52. The van der Waals surface area contributed by atoms with E-state index in [-0.39, 0.29) is 17.7 Å². The molecule has 0 N–H and O–H groups in total. The lowest BCUT2D eigenvalue weighted by Gasteiger charge is -2.12. The molecule has 1 fully saturated rings. The Balaban J connectivity index is 1.80. The van der Waals surface area contributed by atoms with Gasteiger partial charge in [-0.3, -0.25) is 14.5 Å². The molecule has 0 aromatic heterocycles. The van der Waals surface area contributed by atoms with Crippen molar-refractivity contribution in [2.45, 2.75) is 11.4 Å². The first-order valence-corrected chi connectivity index (χ1v) is 9.25. The van der Waals surface area contributed by atoms with Crippen molar-refractivity contribution in [3.05, 3.63) is 70.4 Å². The third-order valence-corrected chi connectivity index (χ3v) is 5.22. The highest BCUT2D eigenvalue weighted by atomic mass is 32.2. The Morgan fingerprint density at radius 3 is 2.50 bits per heavy atom. The van der Waals surface area contributed by atoms with Crippen LogP contribution in [0.5, 0.6) is 0 Å². The Kier molecular flexibility index (Phi) is 5.06. The summed E-state index contributed by atoms with van der Waals surface area (Å²) in [6.45, 7) is -0.0555. The number of hydrogen-bond donors (Lipinski definition) is 0. The minimum Gasteiger partial charge on any atom is -0.268 e. The van der Waals surface area contributed by atoms with Gasteiger partial charge in [-0.05, 0) is 47.9 Å². The van der Waals surface area contributed by atoms with Gasteiger partial charge in [-0.2, -0.15) is 0 Å². The summed E-state index contributed by atoms with van der Waals surface area (Å²) in [5.41, 5.74) is 1.18. The van der Waals surface area contributed by atoms with Crippen LogP contribution in [0, 0.1) is 5.82 Å². The molecule has 2 aromatic rings. The fourth-order valence-corrected chi connectivity index (χ4v) is 3.53. The Labute approximate surface area is 147 Å². The molecule has 2 amide bonds. The first-order chi connectivity index (χ1) is 11.6. The topological polar surface area (TPSA) is 37.4 Å². The van der Waals surface area contributed by atoms with Crippen LogP contribution < -0.4 is 0 Å². The zero-order chi connectivity index (χ0) is 17.1. The van der Waals surface area contributed by atoms with Gasteiger partial charge >= 0.3 is 0 Å².